The summed E-state index contributed by atoms with van der Waals surface area (Å²) in [6.07, 6.45) is -0.118. The maximum atomic E-state index is 11.2. The minimum atomic E-state index is -0.298. The van der Waals surface area contributed by atoms with E-state index in [0.29, 0.717) is 5.03 Å². The molecule has 16 heavy (non-hydrogen) atoms. The maximum Gasteiger partial charge on any atom is 0.316 e. The van der Waals surface area contributed by atoms with Gasteiger partial charge in [0.05, 0.1) is 11.9 Å². The minimum Gasteiger partial charge on any atom is -0.462 e. The van der Waals surface area contributed by atoms with Crippen molar-refractivity contribution in [3.8, 4) is 0 Å². The topological polar surface area (TPSA) is 78.1 Å². The van der Waals surface area contributed by atoms with Gasteiger partial charge in [0.15, 0.2) is 0 Å². The Hall–Kier alpha value is -1.01. The van der Waals surface area contributed by atoms with Crippen LogP contribution in [0.15, 0.2) is 11.1 Å². The molecule has 0 saturated carbocycles. The van der Waals surface area contributed by atoms with Gasteiger partial charge in [0, 0.05) is 6.07 Å². The van der Waals surface area contributed by atoms with Crippen molar-refractivity contribution in [2.24, 2.45) is 0 Å². The summed E-state index contributed by atoms with van der Waals surface area (Å²) in [5.74, 6) is -0.0363. The van der Waals surface area contributed by atoms with Crippen LogP contribution >= 0.6 is 23.4 Å². The number of aromatic nitrogens is 2. The number of nitrogens with two attached hydrogens (primary N) is 1. The van der Waals surface area contributed by atoms with Crippen LogP contribution in [0.5, 0.6) is 0 Å². The highest BCUT2D eigenvalue weighted by Crippen LogP contribution is 2.19. The fourth-order valence-electron chi connectivity index (χ4n) is 0.917. The number of carbonyl (C=O) groups is 1. The highest BCUT2D eigenvalue weighted by Gasteiger charge is 2.08. The van der Waals surface area contributed by atoms with Gasteiger partial charge < -0.3 is 10.5 Å². The van der Waals surface area contributed by atoms with E-state index < -0.39 is 0 Å². The Morgan fingerprint density at radius 1 is 1.62 bits per heavy atom. The van der Waals surface area contributed by atoms with Gasteiger partial charge in [-0.15, -0.1) is 0 Å². The second-order valence-corrected chi connectivity index (χ2v) is 4.60. The molecule has 0 fully saturated rings. The third-order valence-corrected chi connectivity index (χ3v) is 2.47. The first-order valence-corrected chi connectivity index (χ1v) is 5.96. The van der Waals surface area contributed by atoms with Crippen molar-refractivity contribution < 1.29 is 9.53 Å². The van der Waals surface area contributed by atoms with Crippen molar-refractivity contribution in [2.75, 3.05) is 11.5 Å². The van der Waals surface area contributed by atoms with Gasteiger partial charge in [0.1, 0.15) is 10.2 Å². The number of rotatable bonds is 4. The SMILES string of the molecule is CC(C)OC(=O)CSc1cc(Cl)nc(N)n1. The lowest BCUT2D eigenvalue weighted by Gasteiger charge is -2.07. The van der Waals surface area contributed by atoms with Gasteiger partial charge in [0.25, 0.3) is 0 Å². The molecule has 1 aromatic rings. The zero-order valence-electron chi connectivity index (χ0n) is 8.94. The summed E-state index contributed by atoms with van der Waals surface area (Å²) < 4.78 is 4.97. The molecule has 0 spiro atoms. The van der Waals surface area contributed by atoms with Gasteiger partial charge >= 0.3 is 5.97 Å². The second kappa shape index (κ2) is 5.91. The monoisotopic (exact) mass is 261 g/mol. The molecule has 0 saturated heterocycles. The third-order valence-electron chi connectivity index (χ3n) is 1.39. The van der Waals surface area contributed by atoms with Crippen LogP contribution in [0.1, 0.15) is 13.8 Å². The molecule has 7 heteroatoms. The van der Waals surface area contributed by atoms with Crippen LogP contribution < -0.4 is 5.73 Å². The van der Waals surface area contributed by atoms with E-state index >= 15 is 0 Å². The lowest BCUT2D eigenvalue weighted by molar-refractivity contribution is -0.144. The summed E-state index contributed by atoms with van der Waals surface area (Å²) in [4.78, 5) is 18.9. The predicted octanol–water partition coefficient (Wildman–Crippen LogP) is 1.76. The molecule has 1 rings (SSSR count). The van der Waals surface area contributed by atoms with E-state index in [9.17, 15) is 4.79 Å². The summed E-state index contributed by atoms with van der Waals surface area (Å²) in [6.45, 7) is 3.59. The second-order valence-electron chi connectivity index (χ2n) is 3.21. The molecule has 0 aliphatic heterocycles. The van der Waals surface area contributed by atoms with Crippen molar-refractivity contribution in [3.05, 3.63) is 11.2 Å². The largest absolute Gasteiger partial charge is 0.462 e. The van der Waals surface area contributed by atoms with Crippen LogP contribution in [-0.4, -0.2) is 27.8 Å². The molecule has 0 aromatic carbocycles. The van der Waals surface area contributed by atoms with Crippen LogP contribution in [0.2, 0.25) is 5.15 Å². The third kappa shape index (κ3) is 4.67. The summed E-state index contributed by atoms with van der Waals surface area (Å²) in [5, 5.41) is 0.811. The number of nitrogens with zero attached hydrogens (tertiary/aromatic N) is 2. The minimum absolute atomic E-state index is 0.0900. The standard InChI is InChI=1S/C9H12ClN3O2S/c1-5(2)15-8(14)4-16-7-3-6(10)12-9(11)13-7/h3,5H,4H2,1-2H3,(H2,11,12,13). The quantitative estimate of drug-likeness (QED) is 0.505. The maximum absolute atomic E-state index is 11.2. The van der Waals surface area contributed by atoms with E-state index in [2.05, 4.69) is 9.97 Å². The van der Waals surface area contributed by atoms with Crippen LogP contribution in [-0.2, 0) is 9.53 Å². The number of nitrogen functional groups attached to an aromatic ring is 1. The first-order chi connectivity index (χ1) is 7.47. The van der Waals surface area contributed by atoms with E-state index in [0.717, 1.165) is 0 Å². The average molecular weight is 262 g/mol. The molecule has 1 aromatic heterocycles. The van der Waals surface area contributed by atoms with Gasteiger partial charge in [-0.05, 0) is 13.8 Å². The van der Waals surface area contributed by atoms with Gasteiger partial charge in [0.2, 0.25) is 5.95 Å². The Morgan fingerprint density at radius 3 is 2.88 bits per heavy atom. The Bertz CT molecular complexity index is 367. The molecule has 0 aliphatic rings. The van der Waals surface area contributed by atoms with Crippen LogP contribution in [0.25, 0.3) is 0 Å². The zero-order chi connectivity index (χ0) is 12.1. The average Bonchev–Trinajstić information content (AvgIpc) is 2.12. The van der Waals surface area contributed by atoms with Crippen molar-refractivity contribution in [2.45, 2.75) is 25.0 Å². The molecule has 0 unspecified atom stereocenters. The van der Waals surface area contributed by atoms with Crippen molar-refractivity contribution >= 4 is 35.3 Å². The van der Waals surface area contributed by atoms with Gasteiger partial charge in [-0.25, -0.2) is 9.97 Å². The van der Waals surface area contributed by atoms with Gasteiger partial charge in [-0.1, -0.05) is 23.4 Å². The van der Waals surface area contributed by atoms with E-state index in [1.54, 1.807) is 19.9 Å². The lowest BCUT2D eigenvalue weighted by atomic mass is 10.5. The fraction of sp³-hybridized carbons (Fsp3) is 0.444. The molecule has 88 valence electrons. The molecule has 0 radical (unpaired) electrons. The molecule has 0 amide bonds. The van der Waals surface area contributed by atoms with E-state index in [-0.39, 0.29) is 28.9 Å². The summed E-state index contributed by atoms with van der Waals surface area (Å²) in [6, 6.07) is 1.55. The smallest absolute Gasteiger partial charge is 0.316 e. The number of thioether (sulfide) groups is 1. The Balaban J connectivity index is 2.51. The molecule has 5 nitrogen and oxygen atoms in total. The van der Waals surface area contributed by atoms with Crippen LogP contribution in [0, 0.1) is 0 Å². The zero-order valence-corrected chi connectivity index (χ0v) is 10.5. The van der Waals surface area contributed by atoms with E-state index in [4.69, 9.17) is 22.1 Å². The highest BCUT2D eigenvalue weighted by molar-refractivity contribution is 7.99. The number of carbonyl (C=O) groups excluding carboxylic acids is 1. The Morgan fingerprint density at radius 2 is 2.31 bits per heavy atom. The number of ether oxygens (including phenoxy) is 1. The lowest BCUT2D eigenvalue weighted by Crippen LogP contribution is -2.13. The van der Waals surface area contributed by atoms with Crippen LogP contribution in [0.3, 0.4) is 0 Å². The number of esters is 1. The normalized spacial score (nSPS) is 10.5. The fourth-order valence-corrected chi connectivity index (χ4v) is 1.86. The van der Waals surface area contributed by atoms with Gasteiger partial charge in [-0.2, -0.15) is 0 Å². The molecule has 0 aliphatic carbocycles. The molecular formula is C9H12ClN3O2S. The highest BCUT2D eigenvalue weighted by atomic mass is 35.5. The first kappa shape index (κ1) is 13.1. The number of hydrogen-bond donors (Lipinski definition) is 1. The Labute approximate surface area is 103 Å². The first-order valence-electron chi connectivity index (χ1n) is 4.59. The van der Waals surface area contributed by atoms with Crippen LogP contribution in [0.4, 0.5) is 5.95 Å². The molecule has 1 heterocycles. The summed E-state index contributed by atoms with van der Waals surface area (Å²) >= 11 is 6.90. The van der Waals surface area contributed by atoms with E-state index in [1.807, 2.05) is 0 Å². The summed E-state index contributed by atoms with van der Waals surface area (Å²) in [7, 11) is 0. The molecule has 0 bridgehead atoms. The number of anilines is 1. The van der Waals surface area contributed by atoms with Crippen molar-refractivity contribution in [1.29, 1.82) is 0 Å². The molecule has 0 atom stereocenters. The van der Waals surface area contributed by atoms with E-state index in [1.165, 1.54) is 11.8 Å². The van der Waals surface area contributed by atoms with Crippen molar-refractivity contribution in [3.63, 3.8) is 0 Å². The molecule has 2 N–H and O–H groups in total. The summed E-state index contributed by atoms with van der Waals surface area (Å²) in [5.41, 5.74) is 5.41. The molecular weight excluding hydrogens is 250 g/mol. The van der Waals surface area contributed by atoms with Gasteiger partial charge in [-0.3, -0.25) is 4.79 Å². The Kier molecular flexibility index (Phi) is 4.82. The van der Waals surface area contributed by atoms with Crippen molar-refractivity contribution in [1.82, 2.24) is 9.97 Å². The number of hydrogen-bond acceptors (Lipinski definition) is 6. The predicted molar refractivity (Wildman–Crippen MR) is 63.4 cm³/mol. The number of halogens is 1.